The van der Waals surface area contributed by atoms with Crippen molar-refractivity contribution in [1.29, 1.82) is 0 Å². The monoisotopic (exact) mass is 174 g/mol. The summed E-state index contributed by atoms with van der Waals surface area (Å²) in [6.45, 7) is 9.17. The van der Waals surface area contributed by atoms with Crippen LogP contribution >= 0.6 is 0 Å². The van der Waals surface area contributed by atoms with Gasteiger partial charge in [-0.05, 0) is 41.5 Å². The van der Waals surface area contributed by atoms with Gasteiger partial charge < -0.3 is 14.4 Å². The lowest BCUT2D eigenvalue weighted by Crippen LogP contribution is -1.69. The van der Waals surface area contributed by atoms with Gasteiger partial charge in [0.05, 0.1) is 0 Å². The van der Waals surface area contributed by atoms with Crippen molar-refractivity contribution in [2.45, 2.75) is 41.5 Å². The van der Waals surface area contributed by atoms with E-state index in [0.29, 0.717) is 0 Å². The number of Topliss-reactive ketones (excluding diaryl/α,β-unsaturated/α-hetero) is 3. The Morgan fingerprint density at radius 1 is 0.500 bits per heavy atom. The molecule has 0 aliphatic heterocycles. The summed E-state index contributed by atoms with van der Waals surface area (Å²) in [5.41, 5.74) is 0. The lowest BCUT2D eigenvalue weighted by molar-refractivity contribution is -0.115. The van der Waals surface area contributed by atoms with Crippen LogP contribution in [0.3, 0.4) is 0 Å². The molecule has 0 amide bonds. The van der Waals surface area contributed by atoms with Crippen molar-refractivity contribution >= 4 is 17.3 Å². The molecule has 72 valence electrons. The maximum Gasteiger partial charge on any atom is 0.126 e. The molecule has 0 aliphatic carbocycles. The third-order valence-corrected chi connectivity index (χ3v) is 0. The van der Waals surface area contributed by atoms with Gasteiger partial charge in [0.15, 0.2) is 0 Å². The van der Waals surface area contributed by atoms with Crippen LogP contribution in [0.15, 0.2) is 0 Å². The van der Waals surface area contributed by atoms with Crippen molar-refractivity contribution < 1.29 is 14.4 Å². The molecular formula is C9H18O3. The summed E-state index contributed by atoms with van der Waals surface area (Å²) in [6, 6.07) is 0. The Kier molecular flexibility index (Phi) is 18.1. The number of hydrogen-bond acceptors (Lipinski definition) is 3. The highest BCUT2D eigenvalue weighted by Crippen LogP contribution is 1.51. The average Bonchev–Trinajstić information content (AvgIpc) is 1.54. The molecule has 0 saturated carbocycles. The highest BCUT2D eigenvalue weighted by atomic mass is 16.1. The van der Waals surface area contributed by atoms with E-state index in [1.165, 1.54) is 41.5 Å². The molecule has 0 aromatic carbocycles. The minimum atomic E-state index is 0.167. The van der Waals surface area contributed by atoms with Gasteiger partial charge in [-0.2, -0.15) is 0 Å². The van der Waals surface area contributed by atoms with E-state index in [9.17, 15) is 14.4 Å². The Balaban J connectivity index is -0.000000101. The van der Waals surface area contributed by atoms with Crippen LogP contribution in [-0.2, 0) is 14.4 Å². The molecular weight excluding hydrogens is 156 g/mol. The van der Waals surface area contributed by atoms with E-state index in [1.807, 2.05) is 0 Å². The summed E-state index contributed by atoms with van der Waals surface area (Å²) in [5.74, 6) is 0.500. The van der Waals surface area contributed by atoms with Gasteiger partial charge in [0.2, 0.25) is 0 Å². The molecule has 0 aliphatic rings. The van der Waals surface area contributed by atoms with Gasteiger partial charge >= 0.3 is 0 Å². The minimum Gasteiger partial charge on any atom is -0.300 e. The molecule has 12 heavy (non-hydrogen) atoms. The van der Waals surface area contributed by atoms with Gasteiger partial charge in [-0.25, -0.2) is 0 Å². The number of hydrogen-bond donors (Lipinski definition) is 0. The van der Waals surface area contributed by atoms with E-state index in [-0.39, 0.29) is 17.3 Å². The van der Waals surface area contributed by atoms with Crippen LogP contribution in [0.4, 0.5) is 0 Å². The summed E-state index contributed by atoms with van der Waals surface area (Å²) in [6.07, 6.45) is 0. The molecule has 0 fully saturated rings. The van der Waals surface area contributed by atoms with Crippen LogP contribution in [0, 0.1) is 0 Å². The molecule has 0 aromatic heterocycles. The van der Waals surface area contributed by atoms with Gasteiger partial charge in [0.1, 0.15) is 17.3 Å². The second-order valence-corrected chi connectivity index (χ2v) is 2.72. The summed E-state index contributed by atoms with van der Waals surface area (Å²) >= 11 is 0. The standard InChI is InChI=1S/3C3H6O/c3*1-3(2)4/h3*1-2H3. The molecule has 0 saturated heterocycles. The van der Waals surface area contributed by atoms with Gasteiger partial charge in [-0.1, -0.05) is 0 Å². The maximum absolute atomic E-state index is 9.44. The van der Waals surface area contributed by atoms with Crippen molar-refractivity contribution in [3.63, 3.8) is 0 Å². The fourth-order valence-corrected chi connectivity index (χ4v) is 0. The smallest absolute Gasteiger partial charge is 0.126 e. The van der Waals surface area contributed by atoms with Crippen LogP contribution in [0.25, 0.3) is 0 Å². The Morgan fingerprint density at radius 3 is 0.500 bits per heavy atom. The van der Waals surface area contributed by atoms with E-state index >= 15 is 0 Å². The van der Waals surface area contributed by atoms with E-state index in [1.54, 1.807) is 0 Å². The fourth-order valence-electron chi connectivity index (χ4n) is 0. The highest BCUT2D eigenvalue weighted by molar-refractivity contribution is 5.72. The number of carbonyl (C=O) groups excluding carboxylic acids is 3. The molecule has 0 heterocycles. The van der Waals surface area contributed by atoms with Crippen LogP contribution in [0.2, 0.25) is 0 Å². The Morgan fingerprint density at radius 2 is 0.500 bits per heavy atom. The summed E-state index contributed by atoms with van der Waals surface area (Å²) < 4.78 is 0. The fraction of sp³-hybridized carbons (Fsp3) is 0.667. The first kappa shape index (κ1) is 17.2. The first-order valence-corrected chi connectivity index (χ1v) is 3.61. The highest BCUT2D eigenvalue weighted by Gasteiger charge is 1.63. The zero-order valence-corrected chi connectivity index (χ0v) is 8.72. The predicted molar refractivity (Wildman–Crippen MR) is 49.1 cm³/mol. The second-order valence-electron chi connectivity index (χ2n) is 2.72. The first-order chi connectivity index (χ1) is 5.20. The van der Waals surface area contributed by atoms with Crippen LogP contribution in [0.5, 0.6) is 0 Å². The minimum absolute atomic E-state index is 0.167. The summed E-state index contributed by atoms with van der Waals surface area (Å²) in [7, 11) is 0. The molecule has 3 heteroatoms. The molecule has 3 nitrogen and oxygen atoms in total. The number of carbonyl (C=O) groups is 3. The third-order valence-electron chi connectivity index (χ3n) is 0. The molecule has 0 radical (unpaired) electrons. The zero-order chi connectivity index (χ0) is 10.7. The van der Waals surface area contributed by atoms with E-state index in [4.69, 9.17) is 0 Å². The van der Waals surface area contributed by atoms with Crippen molar-refractivity contribution in [2.75, 3.05) is 0 Å². The van der Waals surface area contributed by atoms with Crippen molar-refractivity contribution in [3.05, 3.63) is 0 Å². The van der Waals surface area contributed by atoms with Crippen molar-refractivity contribution in [3.8, 4) is 0 Å². The summed E-state index contributed by atoms with van der Waals surface area (Å²) in [4.78, 5) is 28.3. The summed E-state index contributed by atoms with van der Waals surface area (Å²) in [5, 5.41) is 0. The Labute approximate surface area is 74.2 Å². The Bertz CT molecular complexity index is 107. The molecule has 0 aromatic rings. The SMILES string of the molecule is CC(C)=O.CC(C)=O.CC(C)=O. The average molecular weight is 174 g/mol. The first-order valence-electron chi connectivity index (χ1n) is 3.61. The lowest BCUT2D eigenvalue weighted by Gasteiger charge is -1.56. The van der Waals surface area contributed by atoms with Gasteiger partial charge in [-0.3, -0.25) is 0 Å². The quantitative estimate of drug-likeness (QED) is 0.562. The zero-order valence-electron chi connectivity index (χ0n) is 8.72. The predicted octanol–water partition coefficient (Wildman–Crippen LogP) is 1.79. The third kappa shape index (κ3) is 590. The van der Waals surface area contributed by atoms with E-state index < -0.39 is 0 Å². The number of rotatable bonds is 0. The molecule has 0 bridgehead atoms. The van der Waals surface area contributed by atoms with Crippen LogP contribution in [0.1, 0.15) is 41.5 Å². The Hall–Kier alpha value is -0.990. The van der Waals surface area contributed by atoms with Gasteiger partial charge in [0.25, 0.3) is 0 Å². The largest absolute Gasteiger partial charge is 0.300 e. The second kappa shape index (κ2) is 12.7. The maximum atomic E-state index is 9.44. The van der Waals surface area contributed by atoms with Crippen LogP contribution < -0.4 is 0 Å². The normalized spacial score (nSPS) is 6.50. The number of ketones is 3. The van der Waals surface area contributed by atoms with E-state index in [2.05, 4.69) is 0 Å². The molecule has 0 unspecified atom stereocenters. The molecule has 0 N–H and O–H groups in total. The van der Waals surface area contributed by atoms with Crippen molar-refractivity contribution in [1.82, 2.24) is 0 Å². The topological polar surface area (TPSA) is 51.2 Å². The lowest BCUT2D eigenvalue weighted by atomic mass is 10.6. The van der Waals surface area contributed by atoms with E-state index in [0.717, 1.165) is 0 Å². The van der Waals surface area contributed by atoms with Crippen molar-refractivity contribution in [2.24, 2.45) is 0 Å². The van der Waals surface area contributed by atoms with Gasteiger partial charge in [0, 0.05) is 0 Å². The molecule has 0 spiro atoms. The van der Waals surface area contributed by atoms with Crippen LogP contribution in [-0.4, -0.2) is 17.3 Å². The molecule has 0 atom stereocenters. The molecule has 0 rings (SSSR count). The van der Waals surface area contributed by atoms with Gasteiger partial charge in [-0.15, -0.1) is 0 Å².